The Labute approximate surface area is 173 Å². The van der Waals surface area contributed by atoms with E-state index in [-0.39, 0.29) is 12.6 Å². The number of Topliss-reactive ketones (excluding diaryl/α,β-unsaturated/α-hetero) is 1. The van der Waals surface area contributed by atoms with Crippen molar-refractivity contribution in [2.24, 2.45) is 0 Å². The van der Waals surface area contributed by atoms with Crippen molar-refractivity contribution in [2.75, 3.05) is 6.79 Å². The molecule has 0 N–H and O–H groups in total. The molecule has 5 nitrogen and oxygen atoms in total. The number of benzene rings is 2. The van der Waals surface area contributed by atoms with Crippen molar-refractivity contribution in [1.29, 1.82) is 0 Å². The highest BCUT2D eigenvalue weighted by atomic mass is 35.5. The summed E-state index contributed by atoms with van der Waals surface area (Å²) in [6, 6.07) is 9.31. The maximum Gasteiger partial charge on any atom is 0.322 e. The van der Waals surface area contributed by atoms with Crippen LogP contribution in [0.4, 0.5) is 0 Å². The Balaban J connectivity index is 1.52. The molecule has 150 valence electrons. The van der Waals surface area contributed by atoms with Crippen molar-refractivity contribution >= 4 is 23.4 Å². The monoisotopic (exact) mass is 412 g/mol. The van der Waals surface area contributed by atoms with Gasteiger partial charge in [0.2, 0.25) is 6.79 Å². The topological polar surface area (TPSA) is 61.8 Å². The molecule has 1 saturated heterocycles. The minimum atomic E-state index is -0.936. The van der Waals surface area contributed by atoms with E-state index in [1.54, 1.807) is 6.07 Å². The molecule has 0 bridgehead atoms. The number of rotatable bonds is 2. The molecule has 1 aliphatic carbocycles. The van der Waals surface area contributed by atoms with E-state index in [1.165, 1.54) is 0 Å². The predicted octanol–water partition coefficient (Wildman–Crippen LogP) is 4.96. The molecule has 0 amide bonds. The summed E-state index contributed by atoms with van der Waals surface area (Å²) in [5.74, 6) is -0.0788. The third-order valence-electron chi connectivity index (χ3n) is 6.25. The van der Waals surface area contributed by atoms with Crippen molar-refractivity contribution in [3.8, 4) is 22.6 Å². The second-order valence-corrected chi connectivity index (χ2v) is 8.44. The minimum Gasteiger partial charge on any atom is -0.454 e. The zero-order chi connectivity index (χ0) is 20.2. The molecule has 2 heterocycles. The molecule has 6 heteroatoms. The highest BCUT2D eigenvalue weighted by Crippen LogP contribution is 2.45. The Hall–Kier alpha value is -2.53. The summed E-state index contributed by atoms with van der Waals surface area (Å²) >= 11 is 6.60. The summed E-state index contributed by atoms with van der Waals surface area (Å²) in [6.07, 6.45) is 4.14. The largest absolute Gasteiger partial charge is 0.454 e. The quantitative estimate of drug-likeness (QED) is 0.515. The number of aryl methyl sites for hydroxylation is 1. The first-order chi connectivity index (χ1) is 14.0. The summed E-state index contributed by atoms with van der Waals surface area (Å²) in [4.78, 5) is 25.9. The second kappa shape index (κ2) is 6.77. The SMILES string of the molecule is Cc1cc(-c2ccc3c(c2)OCO3)c(Cl)cc1C1C(=O)OC2(CCCCC2)C1=O. The molecule has 1 unspecified atom stereocenters. The van der Waals surface area contributed by atoms with Gasteiger partial charge in [0.05, 0.1) is 0 Å². The van der Waals surface area contributed by atoms with Gasteiger partial charge in [0.15, 0.2) is 22.9 Å². The minimum absolute atomic E-state index is 0.114. The third kappa shape index (κ3) is 2.91. The number of halogens is 1. The number of carbonyl (C=O) groups is 2. The van der Waals surface area contributed by atoms with E-state index < -0.39 is 17.5 Å². The Morgan fingerprint density at radius 1 is 1.00 bits per heavy atom. The van der Waals surface area contributed by atoms with E-state index in [2.05, 4.69) is 0 Å². The van der Waals surface area contributed by atoms with Crippen LogP contribution in [0, 0.1) is 6.92 Å². The predicted molar refractivity (Wildman–Crippen MR) is 107 cm³/mol. The van der Waals surface area contributed by atoms with E-state index in [0.717, 1.165) is 36.0 Å². The van der Waals surface area contributed by atoms with Crippen molar-refractivity contribution < 1.29 is 23.8 Å². The van der Waals surface area contributed by atoms with E-state index in [0.29, 0.717) is 34.9 Å². The Bertz CT molecular complexity index is 1020. The smallest absolute Gasteiger partial charge is 0.322 e. The first-order valence-corrected chi connectivity index (χ1v) is 10.3. The average molecular weight is 413 g/mol. The van der Waals surface area contributed by atoms with Crippen LogP contribution in [-0.2, 0) is 14.3 Å². The molecule has 2 aromatic carbocycles. The zero-order valence-corrected chi connectivity index (χ0v) is 16.9. The van der Waals surface area contributed by atoms with Gasteiger partial charge in [0.1, 0.15) is 5.92 Å². The first-order valence-electron chi connectivity index (χ1n) is 9.96. The van der Waals surface area contributed by atoms with Crippen LogP contribution >= 0.6 is 11.6 Å². The Morgan fingerprint density at radius 2 is 1.76 bits per heavy atom. The van der Waals surface area contributed by atoms with E-state index in [1.807, 2.05) is 31.2 Å². The molecule has 2 fully saturated rings. The summed E-state index contributed by atoms with van der Waals surface area (Å²) in [5, 5.41) is 0.481. The lowest BCUT2D eigenvalue weighted by atomic mass is 9.77. The maximum atomic E-state index is 13.2. The van der Waals surface area contributed by atoms with Crippen molar-refractivity contribution in [3.63, 3.8) is 0 Å². The molecular weight excluding hydrogens is 392 g/mol. The van der Waals surface area contributed by atoms with Crippen LogP contribution in [0.1, 0.15) is 49.1 Å². The van der Waals surface area contributed by atoms with Gasteiger partial charge in [-0.2, -0.15) is 0 Å². The number of fused-ring (bicyclic) bond motifs is 1. The van der Waals surface area contributed by atoms with E-state index >= 15 is 0 Å². The molecule has 1 spiro atoms. The fraction of sp³-hybridized carbons (Fsp3) is 0.391. The number of hydrogen-bond acceptors (Lipinski definition) is 5. The Morgan fingerprint density at radius 3 is 2.55 bits per heavy atom. The molecule has 3 aliphatic rings. The highest BCUT2D eigenvalue weighted by Gasteiger charge is 2.55. The van der Waals surface area contributed by atoms with Gasteiger partial charge in [-0.25, -0.2) is 0 Å². The summed E-state index contributed by atoms with van der Waals surface area (Å²) < 4.78 is 16.5. The van der Waals surface area contributed by atoms with Gasteiger partial charge in [0, 0.05) is 10.6 Å². The van der Waals surface area contributed by atoms with Crippen molar-refractivity contribution in [3.05, 3.63) is 46.5 Å². The van der Waals surface area contributed by atoms with E-state index in [4.69, 9.17) is 25.8 Å². The third-order valence-corrected chi connectivity index (χ3v) is 6.57. The lowest BCUT2D eigenvalue weighted by Crippen LogP contribution is -2.39. The maximum absolute atomic E-state index is 13.2. The molecule has 1 atom stereocenters. The molecule has 0 aromatic heterocycles. The van der Waals surface area contributed by atoms with Crippen molar-refractivity contribution in [1.82, 2.24) is 0 Å². The van der Waals surface area contributed by atoms with Crippen LogP contribution in [0.5, 0.6) is 11.5 Å². The van der Waals surface area contributed by atoms with Gasteiger partial charge in [0.25, 0.3) is 0 Å². The summed E-state index contributed by atoms with van der Waals surface area (Å²) in [7, 11) is 0. The highest BCUT2D eigenvalue weighted by molar-refractivity contribution is 6.33. The second-order valence-electron chi connectivity index (χ2n) is 8.03. The number of ketones is 1. The van der Waals surface area contributed by atoms with Crippen LogP contribution < -0.4 is 9.47 Å². The van der Waals surface area contributed by atoms with Gasteiger partial charge >= 0.3 is 5.97 Å². The molecule has 0 radical (unpaired) electrons. The van der Waals surface area contributed by atoms with Crippen LogP contribution in [0.25, 0.3) is 11.1 Å². The molecule has 1 saturated carbocycles. The number of carbonyl (C=O) groups excluding carboxylic acids is 2. The molecule has 2 aromatic rings. The van der Waals surface area contributed by atoms with Crippen molar-refractivity contribution in [2.45, 2.75) is 50.5 Å². The number of ether oxygens (including phenoxy) is 3. The van der Waals surface area contributed by atoms with Gasteiger partial charge in [-0.1, -0.05) is 24.1 Å². The van der Waals surface area contributed by atoms with Crippen LogP contribution in [0.2, 0.25) is 5.02 Å². The van der Waals surface area contributed by atoms with Gasteiger partial charge < -0.3 is 14.2 Å². The number of hydrogen-bond donors (Lipinski definition) is 0. The van der Waals surface area contributed by atoms with Crippen LogP contribution in [-0.4, -0.2) is 24.1 Å². The number of esters is 1. The first kappa shape index (κ1) is 18.5. The van der Waals surface area contributed by atoms with Crippen LogP contribution in [0.15, 0.2) is 30.3 Å². The summed E-state index contributed by atoms with van der Waals surface area (Å²) in [6.45, 7) is 2.10. The lowest BCUT2D eigenvalue weighted by molar-refractivity contribution is -0.154. The molecular formula is C23H21ClO5. The molecule has 29 heavy (non-hydrogen) atoms. The van der Waals surface area contributed by atoms with Gasteiger partial charge in [-0.05, 0) is 73.6 Å². The summed E-state index contributed by atoms with van der Waals surface area (Å²) in [5.41, 5.74) is 2.24. The van der Waals surface area contributed by atoms with E-state index in [9.17, 15) is 9.59 Å². The normalized spacial score (nSPS) is 22.2. The fourth-order valence-electron chi connectivity index (χ4n) is 4.70. The van der Waals surface area contributed by atoms with Crippen LogP contribution in [0.3, 0.4) is 0 Å². The molecule has 2 aliphatic heterocycles. The van der Waals surface area contributed by atoms with Gasteiger partial charge in [-0.3, -0.25) is 9.59 Å². The van der Waals surface area contributed by atoms with Gasteiger partial charge in [-0.15, -0.1) is 0 Å². The average Bonchev–Trinajstić information content (AvgIpc) is 3.27. The Kier molecular flexibility index (Phi) is 4.32. The molecule has 5 rings (SSSR count). The lowest BCUT2D eigenvalue weighted by Gasteiger charge is -2.29. The zero-order valence-electron chi connectivity index (χ0n) is 16.1. The fourth-order valence-corrected chi connectivity index (χ4v) is 4.99. The standard InChI is InChI=1S/C23H21ClO5/c1-13-9-16(14-5-6-18-19(10-14)28-12-27-18)17(24)11-15(13)20-21(25)23(29-22(20)26)7-3-2-4-8-23/h5-6,9-11,20H,2-4,7-8,12H2,1H3.